The molecular formula is C19H41N. The molecule has 1 unspecified atom stereocenters. The molecule has 0 rings (SSSR count). The van der Waals surface area contributed by atoms with Crippen LogP contribution >= 0.6 is 0 Å². The summed E-state index contributed by atoms with van der Waals surface area (Å²) < 4.78 is 0. The van der Waals surface area contributed by atoms with Gasteiger partial charge >= 0.3 is 0 Å². The maximum absolute atomic E-state index is 3.49. The van der Waals surface area contributed by atoms with E-state index in [-0.39, 0.29) is 5.54 Å². The molecular weight excluding hydrogens is 242 g/mol. The standard InChI is InChI=1S/C19H41N/c1-10-11-14-19(8,16(2)3)15-12-13-17(4,5)18(6,7)20-9/h16,20H,10-15H2,1-9H3. The Bertz CT molecular complexity index is 265. The Morgan fingerprint density at radius 2 is 1.35 bits per heavy atom. The fraction of sp³-hybridized carbons (Fsp3) is 1.00. The van der Waals surface area contributed by atoms with E-state index in [9.17, 15) is 0 Å². The van der Waals surface area contributed by atoms with E-state index < -0.39 is 0 Å². The van der Waals surface area contributed by atoms with E-state index in [0.717, 1.165) is 5.92 Å². The second-order valence-electron chi connectivity index (χ2n) is 8.52. The van der Waals surface area contributed by atoms with Crippen LogP contribution in [0.25, 0.3) is 0 Å². The predicted molar refractivity (Wildman–Crippen MR) is 93.2 cm³/mol. The molecule has 0 aliphatic carbocycles. The van der Waals surface area contributed by atoms with E-state index in [1.807, 2.05) is 0 Å². The summed E-state index contributed by atoms with van der Waals surface area (Å²) in [6, 6.07) is 0. The van der Waals surface area contributed by atoms with Crippen molar-refractivity contribution in [3.8, 4) is 0 Å². The van der Waals surface area contributed by atoms with Crippen molar-refractivity contribution >= 4 is 0 Å². The molecule has 1 atom stereocenters. The molecule has 0 aromatic carbocycles. The molecule has 0 saturated heterocycles. The van der Waals surface area contributed by atoms with Gasteiger partial charge in [0.2, 0.25) is 0 Å². The van der Waals surface area contributed by atoms with Crippen LogP contribution in [0.3, 0.4) is 0 Å². The highest BCUT2D eigenvalue weighted by Crippen LogP contribution is 2.41. The third-order valence-electron chi connectivity index (χ3n) is 6.36. The molecule has 0 amide bonds. The first-order valence-electron chi connectivity index (χ1n) is 8.71. The largest absolute Gasteiger partial charge is 0.314 e. The zero-order chi connectivity index (χ0) is 16.0. The van der Waals surface area contributed by atoms with Gasteiger partial charge in [0.25, 0.3) is 0 Å². The Hall–Kier alpha value is -0.0400. The first-order valence-corrected chi connectivity index (χ1v) is 8.71. The van der Waals surface area contributed by atoms with Gasteiger partial charge in [0.15, 0.2) is 0 Å². The third-order valence-corrected chi connectivity index (χ3v) is 6.36. The van der Waals surface area contributed by atoms with Gasteiger partial charge in [0.1, 0.15) is 0 Å². The summed E-state index contributed by atoms with van der Waals surface area (Å²) in [5, 5.41) is 3.49. The van der Waals surface area contributed by atoms with Gasteiger partial charge in [0, 0.05) is 5.54 Å². The Morgan fingerprint density at radius 1 is 0.850 bits per heavy atom. The Kier molecular flexibility index (Phi) is 7.81. The maximum atomic E-state index is 3.49. The molecule has 0 heterocycles. The van der Waals surface area contributed by atoms with Crippen molar-refractivity contribution in [2.75, 3.05) is 7.05 Å². The number of hydrogen-bond donors (Lipinski definition) is 1. The van der Waals surface area contributed by atoms with Gasteiger partial charge in [-0.2, -0.15) is 0 Å². The van der Waals surface area contributed by atoms with Crippen molar-refractivity contribution in [2.24, 2.45) is 16.7 Å². The molecule has 122 valence electrons. The second-order valence-corrected chi connectivity index (χ2v) is 8.52. The molecule has 20 heavy (non-hydrogen) atoms. The lowest BCUT2D eigenvalue weighted by molar-refractivity contribution is 0.120. The van der Waals surface area contributed by atoms with Crippen molar-refractivity contribution in [1.82, 2.24) is 5.32 Å². The van der Waals surface area contributed by atoms with Crippen LogP contribution in [0.4, 0.5) is 0 Å². The van der Waals surface area contributed by atoms with Gasteiger partial charge in [-0.1, -0.05) is 60.8 Å². The summed E-state index contributed by atoms with van der Waals surface area (Å²) in [6.45, 7) is 19.1. The van der Waals surface area contributed by atoms with Gasteiger partial charge in [0.05, 0.1) is 0 Å². The normalized spacial score (nSPS) is 16.5. The monoisotopic (exact) mass is 283 g/mol. The van der Waals surface area contributed by atoms with E-state index >= 15 is 0 Å². The van der Waals surface area contributed by atoms with Crippen LogP contribution in [0, 0.1) is 16.7 Å². The van der Waals surface area contributed by atoms with Gasteiger partial charge in [-0.15, -0.1) is 0 Å². The van der Waals surface area contributed by atoms with E-state index in [2.05, 4.69) is 67.8 Å². The molecule has 1 heteroatoms. The highest BCUT2D eigenvalue weighted by molar-refractivity contribution is 4.92. The molecule has 0 spiro atoms. The molecule has 1 nitrogen and oxygen atoms in total. The van der Waals surface area contributed by atoms with Crippen LogP contribution in [0.2, 0.25) is 0 Å². The highest BCUT2D eigenvalue weighted by Gasteiger charge is 2.36. The summed E-state index contributed by atoms with van der Waals surface area (Å²) in [6.07, 6.45) is 8.09. The summed E-state index contributed by atoms with van der Waals surface area (Å²) in [5.41, 5.74) is 1.06. The van der Waals surface area contributed by atoms with E-state index in [1.165, 1.54) is 38.5 Å². The van der Waals surface area contributed by atoms with E-state index in [4.69, 9.17) is 0 Å². The Labute approximate surface area is 129 Å². The minimum Gasteiger partial charge on any atom is -0.314 e. The van der Waals surface area contributed by atoms with Crippen LogP contribution in [0.15, 0.2) is 0 Å². The lowest BCUT2D eigenvalue weighted by atomic mass is 9.67. The molecule has 0 aliphatic heterocycles. The molecule has 0 radical (unpaired) electrons. The van der Waals surface area contributed by atoms with E-state index in [1.54, 1.807) is 0 Å². The van der Waals surface area contributed by atoms with E-state index in [0.29, 0.717) is 10.8 Å². The average molecular weight is 284 g/mol. The lowest BCUT2D eigenvalue weighted by Gasteiger charge is -2.43. The first kappa shape index (κ1) is 20.0. The first-order chi connectivity index (χ1) is 9.02. The molecule has 0 aromatic rings. The molecule has 0 saturated carbocycles. The van der Waals surface area contributed by atoms with Gasteiger partial charge in [-0.05, 0) is 56.9 Å². The minimum absolute atomic E-state index is 0.199. The summed E-state index contributed by atoms with van der Waals surface area (Å²) >= 11 is 0. The second kappa shape index (κ2) is 7.82. The van der Waals surface area contributed by atoms with Crippen LogP contribution in [0.1, 0.15) is 93.9 Å². The summed E-state index contributed by atoms with van der Waals surface area (Å²) in [4.78, 5) is 0. The SMILES string of the molecule is CCCCC(C)(CCCC(C)(C)C(C)(C)NC)C(C)C. The minimum atomic E-state index is 0.199. The fourth-order valence-electron chi connectivity index (χ4n) is 2.87. The van der Waals surface area contributed by atoms with Gasteiger partial charge < -0.3 is 5.32 Å². The highest BCUT2D eigenvalue weighted by atomic mass is 14.9. The summed E-state index contributed by atoms with van der Waals surface area (Å²) in [7, 11) is 2.08. The van der Waals surface area contributed by atoms with Crippen molar-refractivity contribution in [1.29, 1.82) is 0 Å². The van der Waals surface area contributed by atoms with Crippen LogP contribution in [-0.2, 0) is 0 Å². The fourth-order valence-corrected chi connectivity index (χ4v) is 2.87. The summed E-state index contributed by atoms with van der Waals surface area (Å²) in [5.74, 6) is 0.787. The van der Waals surface area contributed by atoms with Gasteiger partial charge in [-0.3, -0.25) is 0 Å². The quantitative estimate of drug-likeness (QED) is 0.516. The zero-order valence-corrected chi connectivity index (χ0v) is 15.8. The number of hydrogen-bond acceptors (Lipinski definition) is 1. The maximum Gasteiger partial charge on any atom is 0.0173 e. The van der Waals surface area contributed by atoms with Crippen molar-refractivity contribution < 1.29 is 0 Å². The van der Waals surface area contributed by atoms with Crippen LogP contribution < -0.4 is 5.32 Å². The third kappa shape index (κ3) is 5.39. The average Bonchev–Trinajstić information content (AvgIpc) is 2.35. The molecule has 0 aromatic heterocycles. The molecule has 0 bridgehead atoms. The smallest absolute Gasteiger partial charge is 0.0173 e. The van der Waals surface area contributed by atoms with Crippen LogP contribution in [0.5, 0.6) is 0 Å². The topological polar surface area (TPSA) is 12.0 Å². The predicted octanol–water partition coefficient (Wildman–Crippen LogP) is 6.03. The lowest BCUT2D eigenvalue weighted by Crippen LogP contribution is -2.49. The number of nitrogens with one attached hydrogen (secondary N) is 1. The Balaban J connectivity index is 4.52. The molecule has 0 aliphatic rings. The van der Waals surface area contributed by atoms with Crippen molar-refractivity contribution in [3.05, 3.63) is 0 Å². The van der Waals surface area contributed by atoms with Crippen LogP contribution in [-0.4, -0.2) is 12.6 Å². The number of unbranched alkanes of at least 4 members (excludes halogenated alkanes) is 1. The zero-order valence-electron chi connectivity index (χ0n) is 15.8. The molecule has 0 fully saturated rings. The number of rotatable bonds is 10. The van der Waals surface area contributed by atoms with Gasteiger partial charge in [-0.25, -0.2) is 0 Å². The van der Waals surface area contributed by atoms with Crippen molar-refractivity contribution in [3.63, 3.8) is 0 Å². The molecule has 1 N–H and O–H groups in total. The van der Waals surface area contributed by atoms with Crippen molar-refractivity contribution in [2.45, 2.75) is 99.5 Å². The Morgan fingerprint density at radius 3 is 1.75 bits per heavy atom.